The van der Waals surface area contributed by atoms with Gasteiger partial charge < -0.3 is 9.47 Å². The SMILES string of the molecule is COc1c[c]cc(CCC(F)(F)F)c1OC. The standard InChI is InChI=1S/C11H12F3O2/c1-15-9-5-3-4-8(10(9)16-2)6-7-11(12,13)14/h4-5H,6-7H2,1-2H3. The van der Waals surface area contributed by atoms with Crippen LogP contribution >= 0.6 is 0 Å². The lowest BCUT2D eigenvalue weighted by molar-refractivity contribution is -0.134. The van der Waals surface area contributed by atoms with Crippen LogP contribution in [-0.4, -0.2) is 20.4 Å². The van der Waals surface area contributed by atoms with E-state index in [1.165, 1.54) is 26.4 Å². The summed E-state index contributed by atoms with van der Waals surface area (Å²) in [6.45, 7) is 0. The van der Waals surface area contributed by atoms with Crippen molar-refractivity contribution in [2.75, 3.05) is 14.2 Å². The number of hydrogen-bond acceptors (Lipinski definition) is 2. The van der Waals surface area contributed by atoms with Crippen LogP contribution in [0.4, 0.5) is 13.2 Å². The predicted molar refractivity (Wildman–Crippen MR) is 52.8 cm³/mol. The summed E-state index contributed by atoms with van der Waals surface area (Å²) in [5.41, 5.74) is 0.444. The van der Waals surface area contributed by atoms with Crippen LogP contribution in [0.3, 0.4) is 0 Å². The molecule has 0 fully saturated rings. The van der Waals surface area contributed by atoms with E-state index in [0.717, 1.165) is 0 Å². The summed E-state index contributed by atoms with van der Waals surface area (Å²) in [5.74, 6) is 0.729. The first-order valence-electron chi connectivity index (χ1n) is 4.65. The van der Waals surface area contributed by atoms with Crippen LogP contribution in [0.5, 0.6) is 11.5 Å². The van der Waals surface area contributed by atoms with Crippen LogP contribution in [0.1, 0.15) is 12.0 Å². The molecule has 0 unspecified atom stereocenters. The van der Waals surface area contributed by atoms with Gasteiger partial charge in [0.15, 0.2) is 11.5 Å². The van der Waals surface area contributed by atoms with E-state index in [1.54, 1.807) is 0 Å². The average molecular weight is 233 g/mol. The lowest BCUT2D eigenvalue weighted by atomic mass is 10.1. The molecule has 0 spiro atoms. The highest BCUT2D eigenvalue weighted by molar-refractivity contribution is 5.46. The Morgan fingerprint density at radius 3 is 2.38 bits per heavy atom. The maximum absolute atomic E-state index is 12.1. The monoisotopic (exact) mass is 233 g/mol. The van der Waals surface area contributed by atoms with Gasteiger partial charge in [0.25, 0.3) is 0 Å². The lowest BCUT2D eigenvalue weighted by Crippen LogP contribution is -2.09. The van der Waals surface area contributed by atoms with E-state index in [-0.39, 0.29) is 6.42 Å². The van der Waals surface area contributed by atoms with Crippen molar-refractivity contribution in [3.63, 3.8) is 0 Å². The number of benzene rings is 1. The molecule has 1 radical (unpaired) electrons. The Bertz CT molecular complexity index is 348. The molecule has 0 aliphatic carbocycles. The highest BCUT2D eigenvalue weighted by atomic mass is 19.4. The van der Waals surface area contributed by atoms with Crippen LogP contribution in [0.15, 0.2) is 12.1 Å². The summed E-state index contributed by atoms with van der Waals surface area (Å²) >= 11 is 0. The maximum atomic E-state index is 12.1. The number of halogens is 3. The number of rotatable bonds is 4. The van der Waals surface area contributed by atoms with Gasteiger partial charge in [-0.3, -0.25) is 0 Å². The molecule has 0 saturated heterocycles. The Labute approximate surface area is 92.0 Å². The first kappa shape index (κ1) is 12.7. The maximum Gasteiger partial charge on any atom is 0.389 e. The van der Waals surface area contributed by atoms with Crippen molar-refractivity contribution in [2.45, 2.75) is 19.0 Å². The summed E-state index contributed by atoms with van der Waals surface area (Å²) < 4.78 is 46.2. The summed E-state index contributed by atoms with van der Waals surface area (Å²) in [4.78, 5) is 0. The van der Waals surface area contributed by atoms with E-state index in [4.69, 9.17) is 9.47 Å². The molecule has 0 aliphatic rings. The molecule has 0 bridgehead atoms. The third-order valence-corrected chi connectivity index (χ3v) is 2.09. The molecule has 0 saturated carbocycles. The highest BCUT2D eigenvalue weighted by Gasteiger charge is 2.27. The first-order chi connectivity index (χ1) is 7.48. The highest BCUT2D eigenvalue weighted by Crippen LogP contribution is 2.33. The second-order valence-electron chi connectivity index (χ2n) is 3.20. The molecular formula is C11H12F3O2. The van der Waals surface area contributed by atoms with Gasteiger partial charge in [0.05, 0.1) is 14.2 Å². The summed E-state index contributed by atoms with van der Waals surface area (Å²) in [6, 6.07) is 5.72. The fourth-order valence-corrected chi connectivity index (χ4v) is 1.35. The van der Waals surface area contributed by atoms with Crippen molar-refractivity contribution in [1.82, 2.24) is 0 Å². The van der Waals surface area contributed by atoms with E-state index in [0.29, 0.717) is 17.1 Å². The summed E-state index contributed by atoms with van der Waals surface area (Å²) in [7, 11) is 2.83. The normalized spacial score (nSPS) is 11.3. The number of ether oxygens (including phenoxy) is 2. The Balaban J connectivity index is 2.87. The van der Waals surface area contributed by atoms with Gasteiger partial charge in [-0.15, -0.1) is 0 Å². The Morgan fingerprint density at radius 1 is 1.19 bits per heavy atom. The summed E-state index contributed by atoms with van der Waals surface area (Å²) in [6.07, 6.45) is -5.20. The van der Waals surface area contributed by atoms with Crippen molar-refractivity contribution in [3.05, 3.63) is 23.8 Å². The minimum Gasteiger partial charge on any atom is -0.493 e. The first-order valence-corrected chi connectivity index (χ1v) is 4.65. The molecule has 0 atom stereocenters. The molecule has 1 aromatic rings. The minimum atomic E-state index is -4.17. The molecular weight excluding hydrogens is 221 g/mol. The quantitative estimate of drug-likeness (QED) is 0.795. The Kier molecular flexibility index (Phi) is 4.04. The van der Waals surface area contributed by atoms with E-state index >= 15 is 0 Å². The lowest BCUT2D eigenvalue weighted by Gasteiger charge is -2.13. The van der Waals surface area contributed by atoms with Crippen LogP contribution in [-0.2, 0) is 6.42 Å². The molecule has 0 heterocycles. The minimum absolute atomic E-state index is 0.139. The van der Waals surface area contributed by atoms with E-state index in [9.17, 15) is 13.2 Å². The molecule has 2 nitrogen and oxygen atoms in total. The Hall–Kier alpha value is -1.39. The second-order valence-corrected chi connectivity index (χ2v) is 3.20. The smallest absolute Gasteiger partial charge is 0.389 e. The molecule has 16 heavy (non-hydrogen) atoms. The topological polar surface area (TPSA) is 18.5 Å². The third-order valence-electron chi connectivity index (χ3n) is 2.09. The molecule has 0 aliphatic heterocycles. The number of hydrogen-bond donors (Lipinski definition) is 0. The zero-order valence-electron chi connectivity index (χ0n) is 9.02. The van der Waals surface area contributed by atoms with Crippen molar-refractivity contribution in [3.8, 4) is 11.5 Å². The van der Waals surface area contributed by atoms with Gasteiger partial charge in [-0.05, 0) is 30.2 Å². The number of methoxy groups -OCH3 is 2. The van der Waals surface area contributed by atoms with Crippen LogP contribution in [0.25, 0.3) is 0 Å². The van der Waals surface area contributed by atoms with Gasteiger partial charge >= 0.3 is 6.18 Å². The number of aryl methyl sites for hydroxylation is 1. The molecule has 0 amide bonds. The molecule has 89 valence electrons. The van der Waals surface area contributed by atoms with Crippen molar-refractivity contribution < 1.29 is 22.6 Å². The molecule has 1 rings (SSSR count). The van der Waals surface area contributed by atoms with Gasteiger partial charge in [-0.1, -0.05) is 0 Å². The van der Waals surface area contributed by atoms with E-state index < -0.39 is 12.6 Å². The molecule has 0 aromatic heterocycles. The fourth-order valence-electron chi connectivity index (χ4n) is 1.35. The second kappa shape index (κ2) is 5.09. The van der Waals surface area contributed by atoms with Crippen LogP contribution in [0, 0.1) is 6.07 Å². The molecule has 0 N–H and O–H groups in total. The van der Waals surface area contributed by atoms with Crippen molar-refractivity contribution in [1.29, 1.82) is 0 Å². The summed E-state index contributed by atoms with van der Waals surface area (Å²) in [5, 5.41) is 0. The zero-order chi connectivity index (χ0) is 12.2. The molecule has 5 heteroatoms. The molecule has 1 aromatic carbocycles. The van der Waals surface area contributed by atoms with E-state index in [2.05, 4.69) is 6.07 Å². The van der Waals surface area contributed by atoms with Gasteiger partial charge in [0, 0.05) is 6.42 Å². The number of alkyl halides is 3. The van der Waals surface area contributed by atoms with E-state index in [1.807, 2.05) is 0 Å². The van der Waals surface area contributed by atoms with Crippen LogP contribution in [0.2, 0.25) is 0 Å². The van der Waals surface area contributed by atoms with Gasteiger partial charge in [0.1, 0.15) is 0 Å². The largest absolute Gasteiger partial charge is 0.493 e. The van der Waals surface area contributed by atoms with Gasteiger partial charge in [-0.2, -0.15) is 13.2 Å². The van der Waals surface area contributed by atoms with Crippen molar-refractivity contribution >= 4 is 0 Å². The third kappa shape index (κ3) is 3.32. The Morgan fingerprint density at radius 2 is 1.88 bits per heavy atom. The fraction of sp³-hybridized carbons (Fsp3) is 0.455. The van der Waals surface area contributed by atoms with Gasteiger partial charge in [-0.25, -0.2) is 0 Å². The average Bonchev–Trinajstić information content (AvgIpc) is 2.24. The van der Waals surface area contributed by atoms with Crippen molar-refractivity contribution in [2.24, 2.45) is 0 Å². The zero-order valence-corrected chi connectivity index (χ0v) is 9.02. The predicted octanol–water partition coefficient (Wildman–Crippen LogP) is 3.00. The van der Waals surface area contributed by atoms with Crippen LogP contribution < -0.4 is 9.47 Å². The van der Waals surface area contributed by atoms with Gasteiger partial charge in [0.2, 0.25) is 0 Å².